The zero-order valence-corrected chi connectivity index (χ0v) is 16.4. The van der Waals surface area contributed by atoms with Gasteiger partial charge in [0, 0.05) is 24.7 Å². The van der Waals surface area contributed by atoms with Crippen molar-refractivity contribution in [3.8, 4) is 11.5 Å². The van der Waals surface area contributed by atoms with Crippen LogP contribution in [0.5, 0.6) is 11.5 Å². The van der Waals surface area contributed by atoms with Crippen LogP contribution >= 0.6 is 11.8 Å². The molecular weight excluding hydrogens is 402 g/mol. The number of benzene rings is 1. The number of phenols is 1. The van der Waals surface area contributed by atoms with E-state index in [0.717, 1.165) is 29.9 Å². The number of imide groups is 1. The highest BCUT2D eigenvalue weighted by Gasteiger charge is 2.37. The van der Waals surface area contributed by atoms with E-state index in [9.17, 15) is 29.6 Å². The van der Waals surface area contributed by atoms with Crippen LogP contribution in [0.2, 0.25) is 0 Å². The number of carbonyl (C=O) groups excluding carboxylic acids is 3. The monoisotopic (exact) mass is 421 g/mol. The minimum atomic E-state index is -0.684. The summed E-state index contributed by atoms with van der Waals surface area (Å²) in [6.07, 6.45) is 2.97. The van der Waals surface area contributed by atoms with Crippen molar-refractivity contribution in [2.75, 3.05) is 26.2 Å². The number of nitrogens with zero attached hydrogens (tertiary/aromatic N) is 3. The van der Waals surface area contributed by atoms with E-state index in [1.165, 1.54) is 6.08 Å². The molecule has 2 fully saturated rings. The molecule has 0 spiro atoms. The molecule has 2 aliphatic rings. The van der Waals surface area contributed by atoms with Gasteiger partial charge >= 0.3 is 0 Å². The Morgan fingerprint density at radius 1 is 1.34 bits per heavy atom. The number of carbonyl (C=O) groups is 3. The lowest BCUT2D eigenvalue weighted by atomic mass is 10.1. The Morgan fingerprint density at radius 3 is 2.66 bits per heavy atom. The lowest BCUT2D eigenvalue weighted by molar-refractivity contribution is -0.385. The second-order valence-electron chi connectivity index (χ2n) is 6.43. The molecule has 1 aromatic rings. The van der Waals surface area contributed by atoms with Crippen molar-refractivity contribution in [3.05, 3.63) is 32.7 Å². The topological polar surface area (TPSA) is 130 Å². The van der Waals surface area contributed by atoms with Crippen LogP contribution in [0.15, 0.2) is 17.0 Å². The molecule has 0 aliphatic carbocycles. The molecule has 1 aromatic carbocycles. The van der Waals surface area contributed by atoms with E-state index in [1.54, 1.807) is 11.8 Å². The van der Waals surface area contributed by atoms with Crippen molar-refractivity contribution < 1.29 is 29.2 Å². The smallest absolute Gasteiger partial charge is 0.294 e. The van der Waals surface area contributed by atoms with Gasteiger partial charge in [-0.1, -0.05) is 0 Å². The molecule has 0 saturated carbocycles. The van der Waals surface area contributed by atoms with Gasteiger partial charge in [-0.15, -0.1) is 0 Å². The fourth-order valence-corrected chi connectivity index (χ4v) is 3.90. The molecule has 2 saturated heterocycles. The van der Waals surface area contributed by atoms with Gasteiger partial charge in [0.1, 0.15) is 6.54 Å². The number of thioether (sulfide) groups is 1. The second kappa shape index (κ2) is 8.52. The Kier molecular flexibility index (Phi) is 6.06. The molecule has 10 nitrogen and oxygen atoms in total. The summed E-state index contributed by atoms with van der Waals surface area (Å²) in [5, 5.41) is 20.9. The third-order valence-electron chi connectivity index (χ3n) is 4.51. The van der Waals surface area contributed by atoms with E-state index < -0.39 is 16.1 Å². The molecule has 154 valence electrons. The number of likely N-dealkylation sites (tertiary alicyclic amines) is 1. The molecule has 2 heterocycles. The molecular formula is C18H19N3O7S. The maximum atomic E-state index is 12.6. The van der Waals surface area contributed by atoms with Gasteiger partial charge in [-0.2, -0.15) is 0 Å². The molecule has 0 bridgehead atoms. The lowest BCUT2D eigenvalue weighted by Gasteiger charge is -2.18. The third-order valence-corrected chi connectivity index (χ3v) is 5.42. The quantitative estimate of drug-likeness (QED) is 0.421. The van der Waals surface area contributed by atoms with Crippen LogP contribution in [-0.4, -0.2) is 63.1 Å². The summed E-state index contributed by atoms with van der Waals surface area (Å²) in [5.41, 5.74) is -0.361. The summed E-state index contributed by atoms with van der Waals surface area (Å²) < 4.78 is 5.21. The minimum Gasteiger partial charge on any atom is -0.504 e. The van der Waals surface area contributed by atoms with Crippen molar-refractivity contribution in [2.24, 2.45) is 0 Å². The molecule has 2 aliphatic heterocycles. The number of aromatic hydroxyl groups is 1. The Labute approximate surface area is 170 Å². The first-order valence-electron chi connectivity index (χ1n) is 8.99. The number of non-ortho nitro benzene ring substituents is 1. The van der Waals surface area contributed by atoms with Crippen molar-refractivity contribution in [2.45, 2.75) is 19.8 Å². The molecule has 0 aromatic heterocycles. The normalized spacial score (nSPS) is 18.0. The summed E-state index contributed by atoms with van der Waals surface area (Å²) in [6.45, 7) is 2.68. The Morgan fingerprint density at radius 2 is 2.03 bits per heavy atom. The highest BCUT2D eigenvalue weighted by molar-refractivity contribution is 8.18. The first kappa shape index (κ1) is 20.6. The van der Waals surface area contributed by atoms with E-state index in [2.05, 4.69) is 0 Å². The van der Waals surface area contributed by atoms with E-state index in [-0.39, 0.29) is 46.7 Å². The number of hydrogen-bond donors (Lipinski definition) is 1. The van der Waals surface area contributed by atoms with Crippen LogP contribution < -0.4 is 4.74 Å². The summed E-state index contributed by atoms with van der Waals surface area (Å²) in [4.78, 5) is 50.0. The van der Waals surface area contributed by atoms with E-state index in [1.807, 2.05) is 0 Å². The van der Waals surface area contributed by atoms with Crippen LogP contribution in [0.3, 0.4) is 0 Å². The second-order valence-corrected chi connectivity index (χ2v) is 7.42. The highest BCUT2D eigenvalue weighted by Crippen LogP contribution is 2.39. The van der Waals surface area contributed by atoms with Gasteiger partial charge in [0.25, 0.3) is 16.8 Å². The van der Waals surface area contributed by atoms with E-state index >= 15 is 0 Å². The highest BCUT2D eigenvalue weighted by atomic mass is 32.2. The summed E-state index contributed by atoms with van der Waals surface area (Å²) in [6, 6.07) is 2.16. The van der Waals surface area contributed by atoms with Crippen LogP contribution in [0.1, 0.15) is 25.3 Å². The average Bonchev–Trinajstić information content (AvgIpc) is 3.29. The van der Waals surface area contributed by atoms with Gasteiger partial charge < -0.3 is 14.7 Å². The molecule has 0 atom stereocenters. The molecule has 3 rings (SSSR count). The fourth-order valence-electron chi connectivity index (χ4n) is 3.07. The van der Waals surface area contributed by atoms with Crippen LogP contribution in [0.25, 0.3) is 6.08 Å². The lowest BCUT2D eigenvalue weighted by Crippen LogP contribution is -2.40. The zero-order chi connectivity index (χ0) is 21.1. The van der Waals surface area contributed by atoms with Gasteiger partial charge in [-0.25, -0.2) is 0 Å². The van der Waals surface area contributed by atoms with Gasteiger partial charge in [0.2, 0.25) is 5.91 Å². The summed E-state index contributed by atoms with van der Waals surface area (Å²) in [5.74, 6) is -1.46. The summed E-state index contributed by atoms with van der Waals surface area (Å²) in [7, 11) is 0. The molecule has 0 radical (unpaired) electrons. The van der Waals surface area contributed by atoms with Gasteiger partial charge in [0.15, 0.2) is 11.5 Å². The average molecular weight is 421 g/mol. The first-order valence-corrected chi connectivity index (χ1v) is 9.80. The van der Waals surface area contributed by atoms with Crippen molar-refractivity contribution in [1.29, 1.82) is 0 Å². The van der Waals surface area contributed by atoms with E-state index in [0.29, 0.717) is 24.9 Å². The maximum Gasteiger partial charge on any atom is 0.294 e. The minimum absolute atomic E-state index is 0.0287. The predicted molar refractivity (Wildman–Crippen MR) is 104 cm³/mol. The van der Waals surface area contributed by atoms with Gasteiger partial charge in [0.05, 0.1) is 22.5 Å². The van der Waals surface area contributed by atoms with Gasteiger partial charge in [-0.3, -0.25) is 29.4 Å². The van der Waals surface area contributed by atoms with Gasteiger partial charge in [-0.05, 0) is 37.6 Å². The number of hydrogen-bond acceptors (Lipinski definition) is 8. The van der Waals surface area contributed by atoms with Crippen molar-refractivity contribution in [3.63, 3.8) is 0 Å². The van der Waals surface area contributed by atoms with Crippen LogP contribution in [0.4, 0.5) is 10.5 Å². The van der Waals surface area contributed by atoms with Crippen LogP contribution in [-0.2, 0) is 9.59 Å². The Bertz CT molecular complexity index is 909. The predicted octanol–water partition coefficient (Wildman–Crippen LogP) is 2.36. The SMILES string of the molecule is CCOc1cc([N+](=O)[O-])cc(/C=C2\SC(=O)N(CC(=O)N3CCCC3)C2=O)c1O. The Hall–Kier alpha value is -3.08. The number of ether oxygens (including phenoxy) is 1. The number of phenolic OH excluding ortho intramolecular Hbond substituents is 1. The molecule has 3 amide bonds. The van der Waals surface area contributed by atoms with Crippen molar-refractivity contribution >= 4 is 40.6 Å². The zero-order valence-electron chi connectivity index (χ0n) is 15.6. The molecule has 0 unspecified atom stereocenters. The van der Waals surface area contributed by atoms with E-state index in [4.69, 9.17) is 4.74 Å². The van der Waals surface area contributed by atoms with Crippen molar-refractivity contribution in [1.82, 2.24) is 9.80 Å². The molecule has 29 heavy (non-hydrogen) atoms. The standard InChI is InChI=1S/C18H19N3O7S/c1-2-28-13-9-12(21(26)27)7-11(16(13)23)8-14-17(24)20(18(25)29-14)10-15(22)19-5-3-4-6-19/h7-9,23H,2-6,10H2,1H3/b14-8-. The first-order chi connectivity index (χ1) is 13.8. The number of amides is 3. The largest absolute Gasteiger partial charge is 0.504 e. The Balaban J connectivity index is 1.87. The summed E-state index contributed by atoms with van der Waals surface area (Å²) >= 11 is 0.609. The number of nitro benzene ring substituents is 1. The molecule has 1 N–H and O–H groups in total. The number of nitro groups is 1. The number of rotatable bonds is 6. The third kappa shape index (κ3) is 4.34. The maximum absolute atomic E-state index is 12.6. The molecule has 11 heteroatoms. The fraction of sp³-hybridized carbons (Fsp3) is 0.389. The van der Waals surface area contributed by atoms with Crippen LogP contribution in [0, 0.1) is 10.1 Å².